The lowest BCUT2D eigenvalue weighted by Crippen LogP contribution is -2.50. The summed E-state index contributed by atoms with van der Waals surface area (Å²) < 4.78 is 13.0. The number of anilines is 2. The van der Waals surface area contributed by atoms with Gasteiger partial charge in [0.2, 0.25) is 0 Å². The molecule has 10 heteroatoms. The first kappa shape index (κ1) is 21.0. The zero-order valence-corrected chi connectivity index (χ0v) is 19.0. The first-order chi connectivity index (χ1) is 16.0. The van der Waals surface area contributed by atoms with Crippen LogP contribution in [0.4, 0.5) is 16.3 Å². The van der Waals surface area contributed by atoms with Gasteiger partial charge in [-0.25, -0.2) is 19.4 Å². The van der Waals surface area contributed by atoms with Gasteiger partial charge in [-0.2, -0.15) is 5.10 Å². The summed E-state index contributed by atoms with van der Waals surface area (Å²) in [6.07, 6.45) is 0. The molecule has 2 aliphatic rings. The third kappa shape index (κ3) is 4.41. The zero-order chi connectivity index (χ0) is 22.9. The van der Waals surface area contributed by atoms with Crippen LogP contribution >= 0.6 is 0 Å². The van der Waals surface area contributed by atoms with E-state index in [4.69, 9.17) is 9.47 Å². The molecule has 1 fully saturated rings. The predicted molar refractivity (Wildman–Crippen MR) is 124 cm³/mol. The van der Waals surface area contributed by atoms with Crippen LogP contribution in [0.1, 0.15) is 17.2 Å². The van der Waals surface area contributed by atoms with Crippen molar-refractivity contribution in [3.8, 4) is 17.3 Å². The van der Waals surface area contributed by atoms with Crippen LogP contribution in [0.2, 0.25) is 0 Å². The number of benzene rings is 1. The van der Waals surface area contributed by atoms with Crippen molar-refractivity contribution in [3.05, 3.63) is 47.5 Å². The van der Waals surface area contributed by atoms with Gasteiger partial charge >= 0.3 is 6.03 Å². The van der Waals surface area contributed by atoms with Crippen molar-refractivity contribution in [2.24, 2.45) is 0 Å². The number of carbonyl (C=O) groups is 1. The molecule has 2 aliphatic heterocycles. The average Bonchev–Trinajstić information content (AvgIpc) is 3.16. The molecule has 0 spiro atoms. The third-order valence-electron chi connectivity index (χ3n) is 5.72. The number of aryl methyl sites for hydroxylation is 3. The number of amides is 2. The molecule has 0 bridgehead atoms. The van der Waals surface area contributed by atoms with Crippen LogP contribution < -0.4 is 19.7 Å². The number of ether oxygens (including phenoxy) is 2. The summed E-state index contributed by atoms with van der Waals surface area (Å²) >= 11 is 0. The smallest absolute Gasteiger partial charge is 0.321 e. The summed E-state index contributed by atoms with van der Waals surface area (Å²) in [4.78, 5) is 26.0. The molecule has 0 unspecified atom stereocenters. The molecule has 1 saturated heterocycles. The molecule has 2 aromatic heterocycles. The maximum absolute atomic E-state index is 12.8. The molecule has 1 aromatic carbocycles. The number of nitrogens with one attached hydrogen (secondary N) is 1. The summed E-state index contributed by atoms with van der Waals surface area (Å²) in [6.45, 7) is 9.46. The summed E-state index contributed by atoms with van der Waals surface area (Å²) in [5, 5.41) is 7.50. The second-order valence-electron chi connectivity index (χ2n) is 8.23. The molecule has 172 valence electrons. The summed E-state index contributed by atoms with van der Waals surface area (Å²) in [6, 6.07) is 9.29. The number of fused-ring (bicyclic) bond motifs is 1. The highest BCUT2D eigenvalue weighted by Crippen LogP contribution is 2.32. The van der Waals surface area contributed by atoms with Crippen LogP contribution in [0.3, 0.4) is 0 Å². The van der Waals surface area contributed by atoms with Crippen molar-refractivity contribution in [1.82, 2.24) is 24.6 Å². The Morgan fingerprint density at radius 3 is 2.36 bits per heavy atom. The van der Waals surface area contributed by atoms with Gasteiger partial charge in [0, 0.05) is 49.7 Å². The van der Waals surface area contributed by atoms with Crippen molar-refractivity contribution in [3.63, 3.8) is 0 Å². The molecule has 0 aliphatic carbocycles. The van der Waals surface area contributed by atoms with Crippen molar-refractivity contribution in [2.45, 2.75) is 20.8 Å². The van der Waals surface area contributed by atoms with Gasteiger partial charge in [0.25, 0.3) is 0 Å². The second-order valence-corrected chi connectivity index (χ2v) is 8.23. The molecule has 10 nitrogen and oxygen atoms in total. The molecular formula is C23H27N7O3. The van der Waals surface area contributed by atoms with Crippen molar-refractivity contribution in [2.75, 3.05) is 49.6 Å². The summed E-state index contributed by atoms with van der Waals surface area (Å²) in [5.74, 6) is 3.64. The van der Waals surface area contributed by atoms with Gasteiger partial charge in [-0.1, -0.05) is 0 Å². The molecule has 4 heterocycles. The van der Waals surface area contributed by atoms with Gasteiger partial charge in [0.15, 0.2) is 17.3 Å². The topological polar surface area (TPSA) is 97.6 Å². The Kier molecular flexibility index (Phi) is 5.49. The minimum Gasteiger partial charge on any atom is -0.486 e. The molecule has 3 aromatic rings. The molecule has 1 N–H and O–H groups in total. The maximum Gasteiger partial charge on any atom is 0.321 e. The van der Waals surface area contributed by atoms with E-state index >= 15 is 0 Å². The lowest BCUT2D eigenvalue weighted by atomic mass is 10.2. The van der Waals surface area contributed by atoms with Gasteiger partial charge in [-0.15, -0.1) is 0 Å². The number of urea groups is 1. The Balaban J connectivity index is 1.24. The molecule has 0 radical (unpaired) electrons. The lowest BCUT2D eigenvalue weighted by molar-refractivity contribution is 0.171. The Labute approximate surface area is 192 Å². The van der Waals surface area contributed by atoms with Crippen molar-refractivity contribution < 1.29 is 14.3 Å². The van der Waals surface area contributed by atoms with Gasteiger partial charge in [0.1, 0.15) is 24.9 Å². The second kappa shape index (κ2) is 8.61. The quantitative estimate of drug-likeness (QED) is 0.657. The van der Waals surface area contributed by atoms with E-state index in [1.807, 2.05) is 54.6 Å². The number of carbonyl (C=O) groups excluding carboxylic acids is 1. The predicted octanol–water partition coefficient (Wildman–Crippen LogP) is 2.71. The van der Waals surface area contributed by atoms with E-state index in [2.05, 4.69) is 25.3 Å². The average molecular weight is 450 g/mol. The van der Waals surface area contributed by atoms with Crippen molar-refractivity contribution in [1.29, 1.82) is 0 Å². The molecule has 2 amide bonds. The first-order valence-electron chi connectivity index (χ1n) is 11.1. The number of piperazine rings is 1. The summed E-state index contributed by atoms with van der Waals surface area (Å²) in [7, 11) is 0. The molecular weight excluding hydrogens is 422 g/mol. The van der Waals surface area contributed by atoms with E-state index in [0.717, 1.165) is 23.0 Å². The largest absolute Gasteiger partial charge is 0.486 e. The van der Waals surface area contributed by atoms with Gasteiger partial charge in [-0.05, 0) is 39.0 Å². The Morgan fingerprint density at radius 1 is 0.909 bits per heavy atom. The Hall–Kier alpha value is -3.82. The third-order valence-corrected chi connectivity index (χ3v) is 5.72. The number of nitrogens with zero attached hydrogens (tertiary/aromatic N) is 6. The number of hydrogen-bond donors (Lipinski definition) is 1. The molecule has 0 saturated carbocycles. The molecule has 0 atom stereocenters. The Morgan fingerprint density at radius 2 is 1.64 bits per heavy atom. The van der Waals surface area contributed by atoms with E-state index in [0.29, 0.717) is 62.4 Å². The van der Waals surface area contributed by atoms with Gasteiger partial charge in [-0.3, -0.25) is 0 Å². The standard InChI is InChI=1S/C23H27N7O3/c1-15-12-16(2)30(27-15)22-14-21(24-17(3)25-22)28-6-8-29(9-7-28)23(31)26-18-4-5-19-20(13-18)33-11-10-32-19/h4-5,12-14H,6-11H2,1-3H3,(H,26,31). The SMILES string of the molecule is Cc1cc(C)n(-c2cc(N3CCN(C(=O)Nc4ccc5c(c4)OCCO5)CC3)nc(C)n2)n1. The van der Waals surface area contributed by atoms with Crippen LogP contribution in [0.25, 0.3) is 5.82 Å². The summed E-state index contributed by atoms with van der Waals surface area (Å²) in [5.41, 5.74) is 2.66. The molecule has 5 rings (SSSR count). The maximum atomic E-state index is 12.8. The minimum absolute atomic E-state index is 0.131. The highest BCUT2D eigenvalue weighted by molar-refractivity contribution is 5.90. The van der Waals surface area contributed by atoms with Crippen LogP contribution in [0.5, 0.6) is 11.5 Å². The van der Waals surface area contributed by atoms with Crippen molar-refractivity contribution >= 4 is 17.5 Å². The van der Waals surface area contributed by atoms with Crippen LogP contribution in [0, 0.1) is 20.8 Å². The minimum atomic E-state index is -0.131. The van der Waals surface area contributed by atoms with E-state index in [1.165, 1.54) is 0 Å². The molecule has 33 heavy (non-hydrogen) atoms. The number of rotatable bonds is 3. The first-order valence-corrected chi connectivity index (χ1v) is 11.1. The Bertz CT molecular complexity index is 1180. The van der Waals surface area contributed by atoms with Crippen LogP contribution in [0.15, 0.2) is 30.3 Å². The fourth-order valence-corrected chi connectivity index (χ4v) is 4.13. The van der Waals surface area contributed by atoms with Crippen LogP contribution in [-0.4, -0.2) is 70.1 Å². The highest BCUT2D eigenvalue weighted by Gasteiger charge is 2.23. The lowest BCUT2D eigenvalue weighted by Gasteiger charge is -2.35. The van der Waals surface area contributed by atoms with Gasteiger partial charge in [0.05, 0.1) is 5.69 Å². The number of hydrogen-bond acceptors (Lipinski definition) is 7. The van der Waals surface area contributed by atoms with E-state index in [-0.39, 0.29) is 6.03 Å². The van der Waals surface area contributed by atoms with Gasteiger partial charge < -0.3 is 24.6 Å². The van der Waals surface area contributed by atoms with E-state index in [1.54, 1.807) is 6.07 Å². The normalized spacial score (nSPS) is 15.5. The number of aromatic nitrogens is 4. The van der Waals surface area contributed by atoms with E-state index in [9.17, 15) is 4.79 Å². The highest BCUT2D eigenvalue weighted by atomic mass is 16.6. The zero-order valence-electron chi connectivity index (χ0n) is 19.0. The fourth-order valence-electron chi connectivity index (χ4n) is 4.13. The van der Waals surface area contributed by atoms with Crippen LogP contribution in [-0.2, 0) is 0 Å². The fraction of sp³-hybridized carbons (Fsp3) is 0.391. The van der Waals surface area contributed by atoms with E-state index < -0.39 is 0 Å². The monoisotopic (exact) mass is 449 g/mol.